The first-order chi connectivity index (χ1) is 12.4. The third kappa shape index (κ3) is 3.35. The Kier molecular flexibility index (Phi) is 5.34. The predicted octanol–water partition coefficient (Wildman–Crippen LogP) is 5.93. The number of rotatable bonds is 6. The van der Waals surface area contributed by atoms with Gasteiger partial charge in [-0.05, 0) is 43.2 Å². The lowest BCUT2D eigenvalue weighted by atomic mass is 9.71. The highest BCUT2D eigenvalue weighted by Crippen LogP contribution is 2.47. The lowest BCUT2D eigenvalue weighted by molar-refractivity contribution is 0.399. The Morgan fingerprint density at radius 2 is 1.73 bits per heavy atom. The Morgan fingerprint density at radius 1 is 1.04 bits per heavy atom. The van der Waals surface area contributed by atoms with E-state index in [4.69, 9.17) is 11.6 Å². The van der Waals surface area contributed by atoms with Crippen LogP contribution in [0.5, 0.6) is 0 Å². The van der Waals surface area contributed by atoms with Crippen LogP contribution >= 0.6 is 11.6 Å². The van der Waals surface area contributed by atoms with E-state index in [9.17, 15) is 0 Å². The fourth-order valence-corrected chi connectivity index (χ4v) is 3.94. The molecule has 0 saturated heterocycles. The molecule has 1 atom stereocenters. The molecule has 2 aromatic rings. The normalized spacial score (nSPS) is 20.8. The minimum atomic E-state index is -0.122. The second kappa shape index (κ2) is 7.36. The molecule has 138 valence electrons. The quantitative estimate of drug-likeness (QED) is 0.636. The molecule has 0 saturated carbocycles. The summed E-state index contributed by atoms with van der Waals surface area (Å²) in [5, 5.41) is 3.72. The maximum Gasteiger partial charge on any atom is 0.0623 e. The van der Waals surface area contributed by atoms with Crippen LogP contribution in [-0.4, -0.2) is 24.5 Å². The van der Waals surface area contributed by atoms with Crippen LogP contribution in [0.1, 0.15) is 38.8 Å². The number of fused-ring (bicyclic) bond motifs is 1. The van der Waals surface area contributed by atoms with Gasteiger partial charge in [-0.15, -0.1) is 11.6 Å². The molecule has 0 aliphatic carbocycles. The van der Waals surface area contributed by atoms with Crippen molar-refractivity contribution in [2.75, 3.05) is 29.2 Å². The fraction of sp³-hybridized carbons (Fsp3) is 0.391. The molecule has 0 spiro atoms. The standard InChI is InChI=1S/C23H29ClN2/c1-5-26(17-16-24)19-12-10-18(11-13-19)14-15-23(4)22(2,3)20-8-6-7-9-21(20)25-23/h6-15,25H,5,16-17H2,1-4H3. The zero-order valence-corrected chi connectivity index (χ0v) is 17.0. The molecule has 2 nitrogen and oxygen atoms in total. The molecule has 0 bridgehead atoms. The Labute approximate surface area is 162 Å². The van der Waals surface area contributed by atoms with Gasteiger partial charge >= 0.3 is 0 Å². The van der Waals surface area contributed by atoms with E-state index < -0.39 is 0 Å². The van der Waals surface area contributed by atoms with E-state index in [1.54, 1.807) is 0 Å². The number of hydrogen-bond acceptors (Lipinski definition) is 2. The van der Waals surface area contributed by atoms with Crippen LogP contribution in [-0.2, 0) is 5.41 Å². The van der Waals surface area contributed by atoms with Crippen molar-refractivity contribution in [3.63, 3.8) is 0 Å². The van der Waals surface area contributed by atoms with Crippen molar-refractivity contribution in [3.05, 3.63) is 65.7 Å². The van der Waals surface area contributed by atoms with Crippen molar-refractivity contribution in [1.82, 2.24) is 0 Å². The summed E-state index contributed by atoms with van der Waals surface area (Å²) < 4.78 is 0. The topological polar surface area (TPSA) is 15.3 Å². The molecule has 1 unspecified atom stereocenters. The average molecular weight is 369 g/mol. The zero-order valence-electron chi connectivity index (χ0n) is 16.2. The van der Waals surface area contributed by atoms with Crippen LogP contribution in [0.3, 0.4) is 0 Å². The van der Waals surface area contributed by atoms with Gasteiger partial charge in [-0.2, -0.15) is 0 Å². The van der Waals surface area contributed by atoms with E-state index in [0.717, 1.165) is 13.1 Å². The lowest BCUT2D eigenvalue weighted by Crippen LogP contribution is -2.44. The maximum absolute atomic E-state index is 5.90. The van der Waals surface area contributed by atoms with E-state index in [0.29, 0.717) is 5.88 Å². The first-order valence-corrected chi connectivity index (χ1v) is 9.92. The van der Waals surface area contributed by atoms with Gasteiger partial charge in [-0.1, -0.05) is 56.3 Å². The van der Waals surface area contributed by atoms with Crippen LogP contribution < -0.4 is 10.2 Å². The first kappa shape index (κ1) is 18.8. The molecular weight excluding hydrogens is 340 g/mol. The van der Waals surface area contributed by atoms with Crippen LogP contribution in [0.2, 0.25) is 0 Å². The maximum atomic E-state index is 5.90. The monoisotopic (exact) mass is 368 g/mol. The highest BCUT2D eigenvalue weighted by Gasteiger charge is 2.46. The Bertz CT molecular complexity index is 779. The van der Waals surface area contributed by atoms with Gasteiger partial charge in [0.25, 0.3) is 0 Å². The smallest absolute Gasteiger partial charge is 0.0623 e. The minimum Gasteiger partial charge on any atom is -0.375 e. The van der Waals surface area contributed by atoms with Gasteiger partial charge in [0.05, 0.1) is 5.54 Å². The number of nitrogens with one attached hydrogen (secondary N) is 1. The van der Waals surface area contributed by atoms with Gasteiger partial charge in [-0.25, -0.2) is 0 Å². The Hall–Kier alpha value is -1.93. The minimum absolute atomic E-state index is 0.0272. The van der Waals surface area contributed by atoms with Gasteiger partial charge in [0.2, 0.25) is 0 Å². The number of hydrogen-bond donors (Lipinski definition) is 1. The average Bonchev–Trinajstić information content (AvgIpc) is 2.85. The van der Waals surface area contributed by atoms with Crippen molar-refractivity contribution < 1.29 is 0 Å². The van der Waals surface area contributed by atoms with Gasteiger partial charge in [0.1, 0.15) is 0 Å². The summed E-state index contributed by atoms with van der Waals surface area (Å²) in [7, 11) is 0. The third-order valence-electron chi connectivity index (χ3n) is 5.90. The largest absolute Gasteiger partial charge is 0.375 e. The fourth-order valence-electron chi connectivity index (χ4n) is 3.73. The third-order valence-corrected chi connectivity index (χ3v) is 6.07. The van der Waals surface area contributed by atoms with Crippen LogP contribution in [0, 0.1) is 0 Å². The molecular formula is C23H29ClN2. The van der Waals surface area contributed by atoms with Gasteiger partial charge in [0.15, 0.2) is 0 Å². The summed E-state index contributed by atoms with van der Waals surface area (Å²) in [4.78, 5) is 2.29. The SMILES string of the molecule is CCN(CCCl)c1ccc(C=CC2(C)Nc3ccccc3C2(C)C)cc1. The Balaban J connectivity index is 1.80. The molecule has 1 aliphatic heterocycles. The Morgan fingerprint density at radius 3 is 2.35 bits per heavy atom. The molecule has 0 amide bonds. The number of halogens is 1. The highest BCUT2D eigenvalue weighted by molar-refractivity contribution is 6.18. The van der Waals surface area contributed by atoms with Crippen LogP contribution in [0.15, 0.2) is 54.6 Å². The van der Waals surface area contributed by atoms with Crippen LogP contribution in [0.4, 0.5) is 11.4 Å². The second-order valence-electron chi connectivity index (χ2n) is 7.69. The second-order valence-corrected chi connectivity index (χ2v) is 8.07. The van der Waals surface area contributed by atoms with Crippen molar-refractivity contribution in [3.8, 4) is 0 Å². The van der Waals surface area contributed by atoms with Gasteiger partial charge in [-0.3, -0.25) is 0 Å². The molecule has 1 heterocycles. The molecule has 3 heteroatoms. The summed E-state index contributed by atoms with van der Waals surface area (Å²) in [6.45, 7) is 10.9. The summed E-state index contributed by atoms with van der Waals surface area (Å²) in [5.41, 5.74) is 4.96. The number of nitrogens with zero attached hydrogens (tertiary/aromatic N) is 1. The van der Waals surface area contributed by atoms with Gasteiger partial charge in [0, 0.05) is 35.8 Å². The molecule has 1 N–H and O–H groups in total. The summed E-state index contributed by atoms with van der Waals surface area (Å²) in [6.07, 6.45) is 4.53. The molecule has 3 rings (SSSR count). The molecule has 2 aromatic carbocycles. The lowest BCUT2D eigenvalue weighted by Gasteiger charge is -2.36. The predicted molar refractivity (Wildman–Crippen MR) is 116 cm³/mol. The molecule has 26 heavy (non-hydrogen) atoms. The van der Waals surface area contributed by atoms with Gasteiger partial charge < -0.3 is 10.2 Å². The van der Waals surface area contributed by atoms with E-state index >= 15 is 0 Å². The number of benzene rings is 2. The molecule has 1 aliphatic rings. The van der Waals surface area contributed by atoms with Crippen molar-refractivity contribution >= 4 is 29.1 Å². The van der Waals surface area contributed by atoms with E-state index in [1.807, 2.05) is 0 Å². The van der Waals surface area contributed by atoms with Crippen molar-refractivity contribution in [2.45, 2.75) is 38.6 Å². The molecule has 0 aromatic heterocycles. The van der Waals surface area contributed by atoms with E-state index in [1.165, 1.54) is 22.5 Å². The molecule has 0 fully saturated rings. The van der Waals surface area contributed by atoms with E-state index in [2.05, 4.69) is 98.6 Å². The van der Waals surface area contributed by atoms with Crippen molar-refractivity contribution in [2.24, 2.45) is 0 Å². The number of para-hydroxylation sites is 1. The number of alkyl halides is 1. The summed E-state index contributed by atoms with van der Waals surface area (Å²) in [5.74, 6) is 0.648. The van der Waals surface area contributed by atoms with Crippen LogP contribution in [0.25, 0.3) is 6.08 Å². The van der Waals surface area contributed by atoms with Crippen molar-refractivity contribution in [1.29, 1.82) is 0 Å². The molecule has 0 radical (unpaired) electrons. The van der Waals surface area contributed by atoms with E-state index in [-0.39, 0.29) is 11.0 Å². The summed E-state index contributed by atoms with van der Waals surface area (Å²) >= 11 is 5.90. The highest BCUT2D eigenvalue weighted by atomic mass is 35.5. The number of anilines is 2. The zero-order chi connectivity index (χ0) is 18.8. The summed E-state index contributed by atoms with van der Waals surface area (Å²) in [6, 6.07) is 17.3. The first-order valence-electron chi connectivity index (χ1n) is 9.39.